The normalized spacial score (nSPS) is 27.4. The summed E-state index contributed by atoms with van der Waals surface area (Å²) in [6.45, 7) is 5.47. The van der Waals surface area contributed by atoms with E-state index in [1.54, 1.807) is 23.9 Å². The van der Waals surface area contributed by atoms with Crippen molar-refractivity contribution in [1.29, 1.82) is 0 Å². The molecule has 0 spiro atoms. The number of fused-ring (bicyclic) bond motifs is 9. The summed E-state index contributed by atoms with van der Waals surface area (Å²) in [6.07, 6.45) is 0.890. The highest BCUT2D eigenvalue weighted by Gasteiger charge is 2.70. The average Bonchev–Trinajstić information content (AvgIpc) is 3.77. The summed E-state index contributed by atoms with van der Waals surface area (Å²) >= 11 is 2.72. The van der Waals surface area contributed by atoms with Crippen LogP contribution in [0.2, 0.25) is 0 Å². The molecule has 252 valence electrons. The van der Waals surface area contributed by atoms with Gasteiger partial charge in [-0.15, -0.1) is 11.8 Å². The first-order valence-corrected chi connectivity index (χ1v) is 17.8. The Morgan fingerprint density at radius 1 is 1.06 bits per heavy atom. The summed E-state index contributed by atoms with van der Waals surface area (Å²) in [6, 6.07) is 11.8. The minimum absolute atomic E-state index is 0.0105. The van der Waals surface area contributed by atoms with E-state index >= 15 is 0 Å². The zero-order valence-electron chi connectivity index (χ0n) is 26.9. The zero-order chi connectivity index (χ0) is 34.0. The number of nitrogens with one attached hydrogen (secondary N) is 2. The van der Waals surface area contributed by atoms with E-state index in [9.17, 15) is 29.1 Å². The number of amides is 3. The van der Waals surface area contributed by atoms with Crippen molar-refractivity contribution in [2.75, 3.05) is 19.0 Å². The van der Waals surface area contributed by atoms with Crippen LogP contribution in [0, 0.1) is 42.4 Å². The Bertz CT molecular complexity index is 1870. The summed E-state index contributed by atoms with van der Waals surface area (Å²) < 4.78 is 11.6. The van der Waals surface area contributed by atoms with E-state index in [0.717, 1.165) is 37.3 Å². The van der Waals surface area contributed by atoms with Crippen molar-refractivity contribution >= 4 is 52.5 Å². The Kier molecular flexibility index (Phi) is 8.39. The fraction of sp³-hybridized carbons (Fsp3) is 0.457. The molecule has 3 aromatic rings. The predicted molar refractivity (Wildman–Crippen MR) is 180 cm³/mol. The van der Waals surface area contributed by atoms with Crippen LogP contribution >= 0.6 is 23.1 Å². The molecule has 2 aromatic carbocycles. The van der Waals surface area contributed by atoms with Crippen molar-refractivity contribution in [2.24, 2.45) is 35.5 Å². The molecule has 3 heterocycles. The van der Waals surface area contributed by atoms with Crippen LogP contribution in [0.25, 0.3) is 0 Å². The second-order valence-corrected chi connectivity index (χ2v) is 15.8. The van der Waals surface area contributed by atoms with Crippen LogP contribution in [0.3, 0.4) is 0 Å². The number of thiazole rings is 1. The molecular weight excluding hydrogens is 655 g/mol. The van der Waals surface area contributed by atoms with Crippen LogP contribution < -0.4 is 19.7 Å². The van der Waals surface area contributed by atoms with Gasteiger partial charge in [0.05, 0.1) is 24.0 Å². The Labute approximate surface area is 285 Å². The number of likely N-dealkylation sites (tertiary alicyclic amines) is 1. The number of anilines is 1. The fourth-order valence-electron chi connectivity index (χ4n) is 8.54. The van der Waals surface area contributed by atoms with Crippen molar-refractivity contribution in [3.05, 3.63) is 68.1 Å². The van der Waals surface area contributed by atoms with Crippen molar-refractivity contribution in [1.82, 2.24) is 9.88 Å². The molecule has 3 amide bonds. The maximum Gasteiger partial charge on any atom is 0.326 e. The van der Waals surface area contributed by atoms with Crippen LogP contribution in [-0.2, 0) is 19.2 Å². The summed E-state index contributed by atoms with van der Waals surface area (Å²) in [5, 5.41) is 13.6. The lowest BCUT2D eigenvalue weighted by Gasteiger charge is -2.43. The van der Waals surface area contributed by atoms with Crippen LogP contribution in [0.15, 0.2) is 52.3 Å². The van der Waals surface area contributed by atoms with Gasteiger partial charge in [0, 0.05) is 21.7 Å². The van der Waals surface area contributed by atoms with Crippen molar-refractivity contribution in [3.63, 3.8) is 0 Å². The van der Waals surface area contributed by atoms with Crippen molar-refractivity contribution in [2.45, 2.75) is 55.8 Å². The molecule has 11 nitrogen and oxygen atoms in total. The van der Waals surface area contributed by atoms with E-state index in [1.165, 1.54) is 7.11 Å². The van der Waals surface area contributed by atoms with Crippen molar-refractivity contribution < 1.29 is 33.8 Å². The standard InChI is InChI=1S/C35H37N3O8S2/c1-15(2)10-21(34(42)43)38-32(40)27-19-13-20(28(27)33(38)41)29-26(19)25(30-31(47-29)37-35(44)48-30)17-8-9-22(23(12-17)45-4)46-14-24(39)36-18-7-5-6-16(3)11-18/h5-9,11-12,15,19-21,25-29H,10,13-14H2,1-4H3,(H,36,39)(H,37,44)(H,42,43)/t19?,20?,21?,25-,26?,27?,28?,29?/m1/s1. The summed E-state index contributed by atoms with van der Waals surface area (Å²) in [4.78, 5) is 70.2. The molecule has 2 aliphatic heterocycles. The maximum absolute atomic E-state index is 14.0. The van der Waals surface area contributed by atoms with E-state index in [-0.39, 0.29) is 70.5 Å². The number of nitrogens with zero attached hydrogens (tertiary/aromatic N) is 1. The molecule has 48 heavy (non-hydrogen) atoms. The highest BCUT2D eigenvalue weighted by molar-refractivity contribution is 8.00. The van der Waals surface area contributed by atoms with Crippen molar-refractivity contribution in [3.8, 4) is 11.5 Å². The molecule has 2 saturated carbocycles. The summed E-state index contributed by atoms with van der Waals surface area (Å²) in [5.41, 5.74) is 2.57. The quantitative estimate of drug-likeness (QED) is 0.256. The highest BCUT2D eigenvalue weighted by Crippen LogP contribution is 2.68. The van der Waals surface area contributed by atoms with Crippen LogP contribution in [0.1, 0.15) is 48.6 Å². The van der Waals surface area contributed by atoms with Crippen LogP contribution in [0.5, 0.6) is 11.5 Å². The minimum atomic E-state index is -1.19. The van der Waals surface area contributed by atoms with Gasteiger partial charge in [-0.25, -0.2) is 4.79 Å². The Balaban J connectivity index is 1.18. The zero-order valence-corrected chi connectivity index (χ0v) is 28.6. The van der Waals surface area contributed by atoms with Gasteiger partial charge in [-0.05, 0) is 78.8 Å². The number of carboxylic acid groups (broad SMARTS) is 1. The largest absolute Gasteiger partial charge is 0.493 e. The molecule has 2 bridgehead atoms. The topological polar surface area (TPSA) is 155 Å². The number of H-pyrrole nitrogens is 1. The smallest absolute Gasteiger partial charge is 0.326 e. The number of carboxylic acids is 1. The average molecular weight is 692 g/mol. The van der Waals surface area contributed by atoms with Gasteiger partial charge in [-0.1, -0.05) is 43.4 Å². The first-order chi connectivity index (χ1) is 23.0. The lowest BCUT2D eigenvalue weighted by Crippen LogP contribution is -2.47. The van der Waals surface area contributed by atoms with Gasteiger partial charge in [-0.2, -0.15) is 0 Å². The number of imide groups is 1. The maximum atomic E-state index is 14.0. The number of aryl methyl sites for hydroxylation is 1. The van der Waals surface area contributed by atoms with E-state index in [4.69, 9.17) is 9.47 Å². The van der Waals surface area contributed by atoms with E-state index in [0.29, 0.717) is 23.6 Å². The molecule has 7 rings (SSSR count). The number of aromatic nitrogens is 1. The number of aromatic amines is 1. The molecule has 2 aliphatic carbocycles. The number of rotatable bonds is 10. The van der Waals surface area contributed by atoms with E-state index < -0.39 is 23.8 Å². The first-order valence-electron chi connectivity index (χ1n) is 16.1. The Morgan fingerprint density at radius 2 is 1.81 bits per heavy atom. The molecule has 4 aliphatic rings. The highest BCUT2D eigenvalue weighted by atomic mass is 32.2. The number of hydrogen-bond acceptors (Lipinski definition) is 9. The monoisotopic (exact) mass is 691 g/mol. The second kappa shape index (κ2) is 12.4. The van der Waals surface area contributed by atoms with Crippen LogP contribution in [-0.4, -0.2) is 63.7 Å². The summed E-state index contributed by atoms with van der Waals surface area (Å²) in [5.74, 6) is -3.20. The molecule has 13 heteroatoms. The third-order valence-electron chi connectivity index (χ3n) is 10.3. The van der Waals surface area contributed by atoms with E-state index in [1.807, 2.05) is 51.1 Å². The van der Waals surface area contributed by atoms with Gasteiger partial charge >= 0.3 is 10.8 Å². The molecule has 1 aromatic heterocycles. The number of hydrogen-bond donors (Lipinski definition) is 3. The van der Waals surface area contributed by atoms with Gasteiger partial charge in [0.25, 0.3) is 5.91 Å². The number of ether oxygens (including phenoxy) is 2. The molecule has 0 radical (unpaired) electrons. The van der Waals surface area contributed by atoms with Crippen LogP contribution in [0.4, 0.5) is 5.69 Å². The molecule has 7 unspecified atom stereocenters. The lowest BCUT2D eigenvalue weighted by molar-refractivity contribution is -0.156. The molecule has 1 saturated heterocycles. The molecule has 3 fully saturated rings. The number of aliphatic carboxylic acids is 1. The van der Waals surface area contributed by atoms with Gasteiger partial charge in [0.15, 0.2) is 18.1 Å². The van der Waals surface area contributed by atoms with Gasteiger partial charge < -0.3 is 24.9 Å². The first kappa shape index (κ1) is 32.4. The number of benzene rings is 2. The fourth-order valence-corrected chi connectivity index (χ4v) is 11.4. The predicted octanol–water partition coefficient (Wildman–Crippen LogP) is 4.74. The van der Waals surface area contributed by atoms with E-state index in [2.05, 4.69) is 10.3 Å². The summed E-state index contributed by atoms with van der Waals surface area (Å²) in [7, 11) is 1.52. The molecule has 8 atom stereocenters. The number of carbonyl (C=O) groups is 4. The Morgan fingerprint density at radius 3 is 2.50 bits per heavy atom. The third-order valence-corrected chi connectivity index (χ3v) is 12.8. The third kappa shape index (κ3) is 5.40. The van der Waals surface area contributed by atoms with Gasteiger partial charge in [0.2, 0.25) is 11.8 Å². The SMILES string of the molecule is COc1cc([C@H]2c3sc(=O)[nH]c3SC3C4CC(C5C(=O)N(C(CC(C)C)C(=O)O)C(=O)C45)C32)ccc1OCC(=O)Nc1cccc(C)c1. The number of thioether (sulfide) groups is 1. The van der Waals surface area contributed by atoms with Gasteiger partial charge in [0.1, 0.15) is 6.04 Å². The lowest BCUT2D eigenvalue weighted by atomic mass is 9.68. The number of methoxy groups -OCH3 is 1. The molecular formula is C35H37N3O8S2. The minimum Gasteiger partial charge on any atom is -0.493 e. The second-order valence-electron chi connectivity index (χ2n) is 13.6. The molecule has 3 N–H and O–H groups in total. The number of carbonyl (C=O) groups excluding carboxylic acids is 3. The van der Waals surface area contributed by atoms with Gasteiger partial charge in [-0.3, -0.25) is 24.1 Å². The Hall–Kier alpha value is -4.10.